The Morgan fingerprint density at radius 2 is 2.24 bits per heavy atom. The van der Waals surface area contributed by atoms with E-state index in [-0.39, 0.29) is 12.0 Å². The Labute approximate surface area is 144 Å². The first kappa shape index (κ1) is 15.6. The molecule has 0 spiro atoms. The van der Waals surface area contributed by atoms with Gasteiger partial charge in [0.2, 0.25) is 5.88 Å². The highest BCUT2D eigenvalue weighted by atomic mass is 16.5. The normalized spacial score (nSPS) is 16.9. The van der Waals surface area contributed by atoms with Gasteiger partial charge in [-0.3, -0.25) is 9.48 Å². The smallest absolute Gasteiger partial charge is 0.257 e. The third-order valence-electron chi connectivity index (χ3n) is 4.18. The van der Waals surface area contributed by atoms with E-state index < -0.39 is 0 Å². The molecule has 1 saturated heterocycles. The summed E-state index contributed by atoms with van der Waals surface area (Å²) in [6.07, 6.45) is 4.19. The lowest BCUT2D eigenvalue weighted by molar-refractivity contribution is 0.102. The quantitative estimate of drug-likeness (QED) is 0.790. The predicted molar refractivity (Wildman–Crippen MR) is 92.8 cm³/mol. The zero-order valence-corrected chi connectivity index (χ0v) is 13.8. The Kier molecular flexibility index (Phi) is 4.07. The Morgan fingerprint density at radius 3 is 3.00 bits per heavy atom. The summed E-state index contributed by atoms with van der Waals surface area (Å²) in [5.41, 5.74) is 2.20. The predicted octanol–water partition coefficient (Wildman–Crippen LogP) is 2.39. The lowest BCUT2D eigenvalue weighted by Gasteiger charge is -2.11. The van der Waals surface area contributed by atoms with Crippen molar-refractivity contribution in [3.8, 4) is 5.88 Å². The first-order chi connectivity index (χ1) is 12.2. The summed E-state index contributed by atoms with van der Waals surface area (Å²) in [4.78, 5) is 16.6. The number of carbonyl (C=O) groups excluding carboxylic acids is 1. The second-order valence-electron chi connectivity index (χ2n) is 5.98. The van der Waals surface area contributed by atoms with Crippen molar-refractivity contribution >= 4 is 22.5 Å². The fraction of sp³-hybridized carbons (Fsp3) is 0.278. The van der Waals surface area contributed by atoms with Crippen molar-refractivity contribution in [1.82, 2.24) is 14.8 Å². The summed E-state index contributed by atoms with van der Waals surface area (Å²) in [5.74, 6) is 0.287. The summed E-state index contributed by atoms with van der Waals surface area (Å²) in [6, 6.07) is 9.09. The molecule has 1 fully saturated rings. The van der Waals surface area contributed by atoms with Gasteiger partial charge in [0.05, 0.1) is 30.5 Å². The Balaban J connectivity index is 1.44. The van der Waals surface area contributed by atoms with Gasteiger partial charge in [-0.25, -0.2) is 4.98 Å². The molecule has 1 aromatic carbocycles. The van der Waals surface area contributed by atoms with Crippen molar-refractivity contribution < 1.29 is 14.3 Å². The molecule has 7 heteroatoms. The van der Waals surface area contributed by atoms with Gasteiger partial charge in [0, 0.05) is 36.8 Å². The van der Waals surface area contributed by atoms with E-state index in [0.29, 0.717) is 30.3 Å². The minimum Gasteiger partial charge on any atom is -0.472 e. The van der Waals surface area contributed by atoms with Crippen molar-refractivity contribution in [2.45, 2.75) is 12.5 Å². The van der Waals surface area contributed by atoms with Crippen LogP contribution in [0.15, 0.2) is 42.7 Å². The van der Waals surface area contributed by atoms with E-state index >= 15 is 0 Å². The van der Waals surface area contributed by atoms with Gasteiger partial charge in [-0.15, -0.1) is 0 Å². The van der Waals surface area contributed by atoms with Gasteiger partial charge in [0.15, 0.2) is 0 Å². The van der Waals surface area contributed by atoms with Gasteiger partial charge < -0.3 is 14.8 Å². The number of hydrogen-bond acceptors (Lipinski definition) is 5. The number of ether oxygens (including phenoxy) is 2. The fourth-order valence-corrected chi connectivity index (χ4v) is 2.81. The third kappa shape index (κ3) is 3.32. The summed E-state index contributed by atoms with van der Waals surface area (Å²) < 4.78 is 12.8. The molecule has 1 atom stereocenters. The highest BCUT2D eigenvalue weighted by Crippen LogP contribution is 2.19. The topological polar surface area (TPSA) is 78.3 Å². The number of anilines is 1. The summed E-state index contributed by atoms with van der Waals surface area (Å²) in [5, 5.41) is 8.05. The van der Waals surface area contributed by atoms with Crippen LogP contribution < -0.4 is 10.1 Å². The van der Waals surface area contributed by atoms with Crippen LogP contribution in [0.2, 0.25) is 0 Å². The van der Waals surface area contributed by atoms with Crippen LogP contribution in [0.4, 0.5) is 5.69 Å². The number of aryl methyl sites for hydroxylation is 1. The molecule has 1 aliphatic rings. The lowest BCUT2D eigenvalue weighted by Crippen LogP contribution is -2.17. The maximum absolute atomic E-state index is 12.4. The van der Waals surface area contributed by atoms with Crippen LogP contribution in [-0.4, -0.2) is 40.0 Å². The zero-order valence-electron chi connectivity index (χ0n) is 13.8. The fourth-order valence-electron chi connectivity index (χ4n) is 2.81. The number of carbonyl (C=O) groups is 1. The average Bonchev–Trinajstić information content (AvgIpc) is 3.25. The van der Waals surface area contributed by atoms with E-state index in [9.17, 15) is 4.79 Å². The van der Waals surface area contributed by atoms with Crippen LogP contribution in [-0.2, 0) is 11.8 Å². The number of amides is 1. The molecule has 1 unspecified atom stereocenters. The number of hydrogen-bond donors (Lipinski definition) is 1. The summed E-state index contributed by atoms with van der Waals surface area (Å²) in [7, 11) is 1.88. The first-order valence-corrected chi connectivity index (χ1v) is 8.12. The third-order valence-corrected chi connectivity index (χ3v) is 4.18. The van der Waals surface area contributed by atoms with Crippen LogP contribution in [0, 0.1) is 0 Å². The summed E-state index contributed by atoms with van der Waals surface area (Å²) >= 11 is 0. The largest absolute Gasteiger partial charge is 0.472 e. The molecule has 128 valence electrons. The molecule has 1 aliphatic heterocycles. The molecule has 3 heterocycles. The Bertz CT molecular complexity index is 898. The van der Waals surface area contributed by atoms with Crippen molar-refractivity contribution in [2.75, 3.05) is 18.5 Å². The molecule has 0 radical (unpaired) electrons. The Hall–Kier alpha value is -2.93. The van der Waals surface area contributed by atoms with Gasteiger partial charge in [-0.2, -0.15) is 5.10 Å². The maximum Gasteiger partial charge on any atom is 0.257 e. The van der Waals surface area contributed by atoms with Crippen LogP contribution in [0.25, 0.3) is 10.9 Å². The van der Waals surface area contributed by atoms with Crippen LogP contribution in [0.3, 0.4) is 0 Å². The molecule has 1 N–H and O–H groups in total. The molecule has 1 amide bonds. The standard InChI is InChI=1S/C18H18N4O3/c1-22-16-4-3-14(8-13(16)10-20-22)21-18(23)12-2-5-17(19-9-12)25-15-6-7-24-11-15/h2-5,8-10,15H,6-7,11H2,1H3,(H,21,23). The molecule has 0 bridgehead atoms. The van der Waals surface area contributed by atoms with E-state index in [1.54, 1.807) is 23.0 Å². The highest BCUT2D eigenvalue weighted by Gasteiger charge is 2.18. The van der Waals surface area contributed by atoms with Crippen molar-refractivity contribution in [2.24, 2.45) is 7.05 Å². The zero-order chi connectivity index (χ0) is 17.2. The molecule has 0 saturated carbocycles. The lowest BCUT2D eigenvalue weighted by atomic mass is 10.2. The van der Waals surface area contributed by atoms with Gasteiger partial charge in [0.25, 0.3) is 5.91 Å². The van der Waals surface area contributed by atoms with E-state index in [1.807, 2.05) is 25.2 Å². The number of rotatable bonds is 4. The molecule has 7 nitrogen and oxygen atoms in total. The van der Waals surface area contributed by atoms with Gasteiger partial charge in [-0.1, -0.05) is 0 Å². The molecular weight excluding hydrogens is 320 g/mol. The van der Waals surface area contributed by atoms with Gasteiger partial charge >= 0.3 is 0 Å². The first-order valence-electron chi connectivity index (χ1n) is 8.12. The van der Waals surface area contributed by atoms with E-state index in [0.717, 1.165) is 17.3 Å². The van der Waals surface area contributed by atoms with Crippen LogP contribution in [0.1, 0.15) is 16.8 Å². The Morgan fingerprint density at radius 1 is 1.32 bits per heavy atom. The molecule has 3 aromatic rings. The number of fused-ring (bicyclic) bond motifs is 1. The number of pyridine rings is 1. The second-order valence-corrected chi connectivity index (χ2v) is 5.98. The van der Waals surface area contributed by atoms with Crippen molar-refractivity contribution in [3.63, 3.8) is 0 Å². The molecule has 0 aliphatic carbocycles. The average molecular weight is 338 g/mol. The molecule has 2 aromatic heterocycles. The molecular formula is C18H18N4O3. The number of benzene rings is 1. The second kappa shape index (κ2) is 6.52. The van der Waals surface area contributed by atoms with E-state index in [2.05, 4.69) is 15.4 Å². The van der Waals surface area contributed by atoms with Crippen molar-refractivity contribution in [1.29, 1.82) is 0 Å². The molecule has 4 rings (SSSR count). The van der Waals surface area contributed by atoms with E-state index in [1.165, 1.54) is 6.20 Å². The van der Waals surface area contributed by atoms with Gasteiger partial charge in [-0.05, 0) is 24.3 Å². The van der Waals surface area contributed by atoms with E-state index in [4.69, 9.17) is 9.47 Å². The number of nitrogens with one attached hydrogen (secondary N) is 1. The monoisotopic (exact) mass is 338 g/mol. The van der Waals surface area contributed by atoms with Crippen molar-refractivity contribution in [3.05, 3.63) is 48.3 Å². The maximum atomic E-state index is 12.4. The SMILES string of the molecule is Cn1ncc2cc(NC(=O)c3ccc(OC4CCOC4)nc3)ccc21. The minimum atomic E-state index is -0.216. The van der Waals surface area contributed by atoms with Gasteiger partial charge in [0.1, 0.15) is 6.10 Å². The summed E-state index contributed by atoms with van der Waals surface area (Å²) in [6.45, 7) is 1.30. The number of nitrogens with zero attached hydrogens (tertiary/aromatic N) is 3. The molecule has 25 heavy (non-hydrogen) atoms. The highest BCUT2D eigenvalue weighted by molar-refractivity contribution is 6.04. The number of aromatic nitrogens is 3. The van der Waals surface area contributed by atoms with Crippen LogP contribution >= 0.6 is 0 Å². The minimum absolute atomic E-state index is 0.0402. The van der Waals surface area contributed by atoms with Crippen LogP contribution in [0.5, 0.6) is 5.88 Å².